The molecule has 0 fully saturated rings. The van der Waals surface area contributed by atoms with Gasteiger partial charge in [-0.1, -0.05) is 0 Å². The molecule has 0 unspecified atom stereocenters. The molecule has 0 amide bonds. The summed E-state index contributed by atoms with van der Waals surface area (Å²) >= 11 is 1.75. The minimum atomic E-state index is 0.533. The van der Waals surface area contributed by atoms with Gasteiger partial charge in [-0.15, -0.1) is 11.3 Å². The van der Waals surface area contributed by atoms with Gasteiger partial charge in [0.25, 0.3) is 0 Å². The number of azo groups is 1. The monoisotopic (exact) mass is 339 g/mol. The number of nitrogens with zero attached hydrogens (tertiary/aromatic N) is 5. The number of rotatable bonds is 4. The summed E-state index contributed by atoms with van der Waals surface area (Å²) in [5, 5.41) is 9.61. The van der Waals surface area contributed by atoms with Crippen molar-refractivity contribution in [3.05, 3.63) is 52.4 Å². The average molecular weight is 339 g/mol. The largest absolute Gasteiger partial charge is 0.444 e. The molecule has 0 aliphatic carbocycles. The van der Waals surface area contributed by atoms with Crippen molar-refractivity contribution in [2.75, 3.05) is 13.6 Å². The van der Waals surface area contributed by atoms with Gasteiger partial charge < -0.3 is 9.32 Å². The molecule has 1 aliphatic heterocycles. The third-order valence-corrected chi connectivity index (χ3v) is 5.01. The van der Waals surface area contributed by atoms with Crippen LogP contribution in [-0.2, 0) is 19.5 Å². The van der Waals surface area contributed by atoms with E-state index in [4.69, 9.17) is 4.42 Å². The van der Waals surface area contributed by atoms with E-state index in [1.807, 2.05) is 24.3 Å². The third kappa shape index (κ3) is 3.27. The number of likely N-dealkylation sites (N-methyl/N-ethyl adjacent to an activating group) is 1. The van der Waals surface area contributed by atoms with Gasteiger partial charge in [0.05, 0.1) is 17.6 Å². The van der Waals surface area contributed by atoms with Crippen LogP contribution in [0, 0.1) is 0 Å². The summed E-state index contributed by atoms with van der Waals surface area (Å²) in [5.74, 6) is 0.747. The van der Waals surface area contributed by atoms with Crippen molar-refractivity contribution < 1.29 is 4.42 Å². The third-order valence-electron chi connectivity index (χ3n) is 3.94. The fraction of sp³-hybridized carbons (Fsp3) is 0.294. The highest BCUT2D eigenvalue weighted by Gasteiger charge is 2.17. The van der Waals surface area contributed by atoms with E-state index in [-0.39, 0.29) is 0 Å². The highest BCUT2D eigenvalue weighted by Crippen LogP contribution is 2.26. The van der Waals surface area contributed by atoms with Crippen molar-refractivity contribution >= 4 is 17.0 Å². The van der Waals surface area contributed by atoms with Crippen molar-refractivity contribution in [1.82, 2.24) is 14.9 Å². The number of fused-ring (bicyclic) bond motifs is 1. The molecule has 0 saturated heterocycles. The van der Waals surface area contributed by atoms with Crippen LogP contribution in [0.2, 0.25) is 0 Å². The number of hydrogen-bond acceptors (Lipinski definition) is 7. The van der Waals surface area contributed by atoms with Gasteiger partial charge in [-0.3, -0.25) is 0 Å². The van der Waals surface area contributed by atoms with E-state index in [1.165, 1.54) is 17.0 Å². The zero-order chi connectivity index (χ0) is 16.4. The molecule has 2 aromatic heterocycles. The number of oxazole rings is 1. The fourth-order valence-corrected chi connectivity index (χ4v) is 3.79. The van der Waals surface area contributed by atoms with E-state index >= 15 is 0 Å². The number of hydrogen-bond donors (Lipinski definition) is 0. The van der Waals surface area contributed by atoms with Gasteiger partial charge in [0.1, 0.15) is 11.6 Å². The lowest BCUT2D eigenvalue weighted by Crippen LogP contribution is -2.25. The fourth-order valence-electron chi connectivity index (χ4n) is 2.67. The van der Waals surface area contributed by atoms with Crippen LogP contribution in [0.4, 0.5) is 5.69 Å². The molecule has 24 heavy (non-hydrogen) atoms. The second kappa shape index (κ2) is 6.62. The maximum atomic E-state index is 5.27. The molecule has 3 heterocycles. The van der Waals surface area contributed by atoms with Gasteiger partial charge in [0, 0.05) is 30.0 Å². The Labute approximate surface area is 143 Å². The minimum Gasteiger partial charge on any atom is -0.444 e. The van der Waals surface area contributed by atoms with E-state index in [0.29, 0.717) is 6.54 Å². The standard InChI is InChI=1S/C17H17N5OS/c1-22-7-6-14-16(10-22)24-17(20-14)9-19-21-13-4-2-12(3-5-13)15-8-18-11-23-15/h2-5,8,11H,6-7,9-10H2,1H3. The smallest absolute Gasteiger partial charge is 0.181 e. The van der Waals surface area contributed by atoms with E-state index in [9.17, 15) is 0 Å². The van der Waals surface area contributed by atoms with Crippen molar-refractivity contribution in [2.24, 2.45) is 10.2 Å². The summed E-state index contributed by atoms with van der Waals surface area (Å²) in [6, 6.07) is 7.74. The lowest BCUT2D eigenvalue weighted by molar-refractivity contribution is 0.314. The molecule has 122 valence electrons. The molecular formula is C17H17N5OS. The highest BCUT2D eigenvalue weighted by molar-refractivity contribution is 7.11. The van der Waals surface area contributed by atoms with Crippen LogP contribution in [0.5, 0.6) is 0 Å². The Morgan fingerprint density at radius 2 is 2.17 bits per heavy atom. The topological polar surface area (TPSA) is 66.9 Å². The van der Waals surface area contributed by atoms with Crippen LogP contribution in [0.1, 0.15) is 15.6 Å². The Kier molecular flexibility index (Phi) is 4.18. The first kappa shape index (κ1) is 15.2. The normalized spacial score (nSPS) is 15.0. The summed E-state index contributed by atoms with van der Waals surface area (Å²) in [5.41, 5.74) is 3.03. The molecule has 0 atom stereocenters. The van der Waals surface area contributed by atoms with Crippen LogP contribution in [-0.4, -0.2) is 28.5 Å². The summed E-state index contributed by atoms with van der Waals surface area (Å²) < 4.78 is 5.27. The second-order valence-corrected chi connectivity index (χ2v) is 6.95. The molecular weight excluding hydrogens is 322 g/mol. The van der Waals surface area contributed by atoms with Crippen LogP contribution >= 0.6 is 11.3 Å². The number of benzene rings is 1. The zero-order valence-electron chi connectivity index (χ0n) is 13.3. The van der Waals surface area contributed by atoms with Gasteiger partial charge >= 0.3 is 0 Å². The number of aromatic nitrogens is 2. The Morgan fingerprint density at radius 1 is 1.29 bits per heavy atom. The van der Waals surface area contributed by atoms with Gasteiger partial charge in [-0.05, 0) is 31.3 Å². The molecule has 7 heteroatoms. The van der Waals surface area contributed by atoms with Crippen molar-refractivity contribution in [1.29, 1.82) is 0 Å². The molecule has 0 saturated carbocycles. The quantitative estimate of drug-likeness (QED) is 0.672. The molecule has 0 bridgehead atoms. The molecule has 3 aromatic rings. The molecule has 1 aliphatic rings. The molecule has 4 rings (SSSR count). The predicted octanol–water partition coefficient (Wildman–Crippen LogP) is 4.07. The van der Waals surface area contributed by atoms with Gasteiger partial charge in [-0.2, -0.15) is 10.2 Å². The summed E-state index contributed by atoms with van der Waals surface area (Å²) in [6.45, 7) is 2.60. The minimum absolute atomic E-state index is 0.533. The Morgan fingerprint density at radius 3 is 2.96 bits per heavy atom. The van der Waals surface area contributed by atoms with Crippen LogP contribution in [0.25, 0.3) is 11.3 Å². The Hall–Kier alpha value is -2.38. The predicted molar refractivity (Wildman–Crippen MR) is 92.3 cm³/mol. The van der Waals surface area contributed by atoms with Crippen LogP contribution < -0.4 is 0 Å². The lowest BCUT2D eigenvalue weighted by atomic mass is 10.2. The van der Waals surface area contributed by atoms with Crippen LogP contribution in [0.15, 0.2) is 51.5 Å². The van der Waals surface area contributed by atoms with Crippen molar-refractivity contribution in [3.8, 4) is 11.3 Å². The Bertz CT molecular complexity index is 839. The maximum Gasteiger partial charge on any atom is 0.181 e. The highest BCUT2D eigenvalue weighted by atomic mass is 32.1. The van der Waals surface area contributed by atoms with Crippen molar-refractivity contribution in [2.45, 2.75) is 19.5 Å². The van der Waals surface area contributed by atoms with E-state index in [2.05, 4.69) is 32.1 Å². The maximum absolute atomic E-state index is 5.27. The first-order chi connectivity index (χ1) is 11.8. The number of thiazole rings is 1. The zero-order valence-corrected chi connectivity index (χ0v) is 14.2. The second-order valence-electron chi connectivity index (χ2n) is 5.78. The molecule has 6 nitrogen and oxygen atoms in total. The van der Waals surface area contributed by atoms with Crippen LogP contribution in [0.3, 0.4) is 0 Å². The summed E-state index contributed by atoms with van der Waals surface area (Å²) in [6.07, 6.45) is 4.15. The lowest BCUT2D eigenvalue weighted by Gasteiger charge is -2.20. The van der Waals surface area contributed by atoms with Gasteiger partial charge in [-0.25, -0.2) is 9.97 Å². The van der Waals surface area contributed by atoms with E-state index in [1.54, 1.807) is 17.5 Å². The van der Waals surface area contributed by atoms with E-state index < -0.39 is 0 Å². The SMILES string of the molecule is CN1CCc2nc(CN=Nc3ccc(-c4cnco4)cc3)sc2C1. The molecule has 0 N–H and O–H groups in total. The average Bonchev–Trinajstić information content (AvgIpc) is 3.24. The summed E-state index contributed by atoms with van der Waals surface area (Å²) in [7, 11) is 2.14. The first-order valence-corrected chi connectivity index (χ1v) is 8.62. The Balaban J connectivity index is 1.41. The van der Waals surface area contributed by atoms with Crippen molar-refractivity contribution in [3.63, 3.8) is 0 Å². The molecule has 0 spiro atoms. The summed E-state index contributed by atoms with van der Waals surface area (Å²) in [4.78, 5) is 12.3. The van der Waals surface area contributed by atoms with Gasteiger partial charge in [0.2, 0.25) is 0 Å². The molecule has 0 radical (unpaired) electrons. The molecule has 1 aromatic carbocycles. The van der Waals surface area contributed by atoms with E-state index in [0.717, 1.165) is 41.5 Å². The first-order valence-electron chi connectivity index (χ1n) is 7.80. The van der Waals surface area contributed by atoms with Gasteiger partial charge in [0.15, 0.2) is 12.2 Å².